The van der Waals surface area contributed by atoms with Crippen LogP contribution < -0.4 is 9.47 Å². The summed E-state index contributed by atoms with van der Waals surface area (Å²) in [5.74, 6) is 0.934. The molecule has 0 unspecified atom stereocenters. The van der Waals surface area contributed by atoms with Gasteiger partial charge < -0.3 is 19.5 Å². The molecule has 8 heteroatoms. The van der Waals surface area contributed by atoms with E-state index in [0.29, 0.717) is 29.8 Å². The Bertz CT molecular complexity index is 938. The number of carbonyl (C=O) groups is 1. The smallest absolute Gasteiger partial charge is 0.304 e. The van der Waals surface area contributed by atoms with Crippen molar-refractivity contribution < 1.29 is 19.4 Å². The molecule has 2 aromatic carbocycles. The molecule has 0 aliphatic carbocycles. The summed E-state index contributed by atoms with van der Waals surface area (Å²) in [4.78, 5) is 13.1. The number of nitrogens with zero attached hydrogens (tertiary/aromatic N) is 1. The first-order chi connectivity index (χ1) is 14.4. The van der Waals surface area contributed by atoms with Crippen LogP contribution >= 0.6 is 35.6 Å². The summed E-state index contributed by atoms with van der Waals surface area (Å²) in [7, 11) is 0. The van der Waals surface area contributed by atoms with Gasteiger partial charge in [0.15, 0.2) is 0 Å². The second-order valence-corrected chi connectivity index (χ2v) is 8.92. The zero-order chi connectivity index (χ0) is 21.3. The van der Waals surface area contributed by atoms with Crippen molar-refractivity contribution in [2.75, 3.05) is 26.2 Å². The van der Waals surface area contributed by atoms with Crippen LogP contribution in [-0.2, 0) is 16.8 Å². The molecule has 1 saturated heterocycles. The van der Waals surface area contributed by atoms with E-state index in [1.165, 1.54) is 5.56 Å². The quantitative estimate of drug-likeness (QED) is 0.584. The zero-order valence-electron chi connectivity index (χ0n) is 17.3. The van der Waals surface area contributed by atoms with Crippen molar-refractivity contribution in [2.45, 2.75) is 38.2 Å². The number of likely N-dealkylation sites (tertiary alicyclic amines) is 1. The average Bonchev–Trinajstić information content (AvgIpc) is 3.07. The molecule has 0 amide bonds. The van der Waals surface area contributed by atoms with Crippen LogP contribution in [0.15, 0.2) is 30.3 Å². The summed E-state index contributed by atoms with van der Waals surface area (Å²) in [6, 6.07) is 9.54. The van der Waals surface area contributed by atoms with Gasteiger partial charge in [-0.15, -0.1) is 12.4 Å². The summed E-state index contributed by atoms with van der Waals surface area (Å²) < 4.78 is 12.2. The second kappa shape index (κ2) is 9.86. The van der Waals surface area contributed by atoms with Crippen LogP contribution in [-0.4, -0.2) is 42.2 Å². The maximum absolute atomic E-state index is 10.8. The Kier molecular flexibility index (Phi) is 7.63. The first-order valence-electron chi connectivity index (χ1n) is 10.2. The molecule has 31 heavy (non-hydrogen) atoms. The molecule has 1 N–H and O–H groups in total. The maximum atomic E-state index is 10.8. The molecule has 4 rings (SSSR count). The van der Waals surface area contributed by atoms with Gasteiger partial charge in [-0.25, -0.2) is 0 Å². The fraction of sp³-hybridized carbons (Fsp3) is 0.435. The summed E-state index contributed by atoms with van der Waals surface area (Å²) in [6.45, 7) is 5.35. The molecule has 168 valence electrons. The van der Waals surface area contributed by atoms with E-state index in [-0.39, 0.29) is 24.2 Å². The van der Waals surface area contributed by atoms with Crippen molar-refractivity contribution in [3.05, 3.63) is 57.1 Å². The second-order valence-electron chi connectivity index (χ2n) is 8.11. The minimum Gasteiger partial charge on any atom is -0.492 e. The Balaban J connectivity index is 0.00000272. The van der Waals surface area contributed by atoms with Crippen LogP contribution in [0.3, 0.4) is 0 Å². The number of aliphatic carboxylic acids is 1. The fourth-order valence-electron chi connectivity index (χ4n) is 4.41. The van der Waals surface area contributed by atoms with Crippen molar-refractivity contribution in [3.8, 4) is 11.5 Å². The molecular formula is C23H26Cl3NO4. The highest BCUT2D eigenvalue weighted by atomic mass is 35.5. The van der Waals surface area contributed by atoms with Gasteiger partial charge in [0.2, 0.25) is 0 Å². The number of ether oxygens (including phenoxy) is 2. The molecule has 0 saturated carbocycles. The van der Waals surface area contributed by atoms with Crippen molar-refractivity contribution >= 4 is 41.6 Å². The largest absolute Gasteiger partial charge is 0.492 e. The highest BCUT2D eigenvalue weighted by Gasteiger charge is 2.44. The molecular weight excluding hydrogens is 461 g/mol. The predicted molar refractivity (Wildman–Crippen MR) is 124 cm³/mol. The number of carboxylic acids is 1. The van der Waals surface area contributed by atoms with Crippen molar-refractivity contribution in [1.82, 2.24) is 4.90 Å². The third kappa shape index (κ3) is 4.90. The summed E-state index contributed by atoms with van der Waals surface area (Å²) in [5.41, 5.74) is 3.00. The zero-order valence-corrected chi connectivity index (χ0v) is 19.7. The monoisotopic (exact) mass is 485 g/mol. The van der Waals surface area contributed by atoms with Crippen LogP contribution in [0.5, 0.6) is 11.5 Å². The van der Waals surface area contributed by atoms with Gasteiger partial charge in [0.1, 0.15) is 18.1 Å². The van der Waals surface area contributed by atoms with Gasteiger partial charge in [0, 0.05) is 38.7 Å². The first-order valence-corrected chi connectivity index (χ1v) is 10.9. The van der Waals surface area contributed by atoms with Crippen molar-refractivity contribution in [3.63, 3.8) is 0 Å². The number of fused-ring (bicyclic) bond motifs is 2. The van der Waals surface area contributed by atoms with E-state index in [0.717, 1.165) is 48.6 Å². The van der Waals surface area contributed by atoms with E-state index in [1.807, 2.05) is 19.1 Å². The van der Waals surface area contributed by atoms with Crippen molar-refractivity contribution in [1.29, 1.82) is 0 Å². The number of rotatable bonds is 6. The third-order valence-electron chi connectivity index (χ3n) is 6.31. The van der Waals surface area contributed by atoms with Gasteiger partial charge in [-0.05, 0) is 51.1 Å². The number of hydrogen-bond donors (Lipinski definition) is 1. The van der Waals surface area contributed by atoms with E-state index < -0.39 is 5.97 Å². The Morgan fingerprint density at radius 3 is 2.52 bits per heavy atom. The van der Waals surface area contributed by atoms with Crippen LogP contribution in [0.1, 0.15) is 36.0 Å². The molecule has 1 spiro atoms. The first kappa shape index (κ1) is 24.0. The lowest BCUT2D eigenvalue weighted by molar-refractivity contribution is -0.137. The van der Waals surface area contributed by atoms with Crippen LogP contribution in [0.2, 0.25) is 10.0 Å². The van der Waals surface area contributed by atoms with Gasteiger partial charge in [0.25, 0.3) is 0 Å². The van der Waals surface area contributed by atoms with E-state index in [9.17, 15) is 4.79 Å². The van der Waals surface area contributed by atoms with E-state index in [2.05, 4.69) is 11.0 Å². The Morgan fingerprint density at radius 2 is 1.87 bits per heavy atom. The number of halogens is 3. The van der Waals surface area contributed by atoms with Crippen molar-refractivity contribution in [2.24, 2.45) is 0 Å². The fourth-order valence-corrected chi connectivity index (χ4v) is 4.92. The van der Waals surface area contributed by atoms with Gasteiger partial charge >= 0.3 is 5.97 Å². The maximum Gasteiger partial charge on any atom is 0.304 e. The van der Waals surface area contributed by atoms with Crippen LogP contribution in [0.25, 0.3) is 0 Å². The van der Waals surface area contributed by atoms with Gasteiger partial charge in [0.05, 0.1) is 13.0 Å². The summed E-state index contributed by atoms with van der Waals surface area (Å²) in [6.07, 6.45) is 2.12. The molecule has 1 fully saturated rings. The van der Waals surface area contributed by atoms with E-state index in [4.69, 9.17) is 37.8 Å². The molecule has 2 aromatic rings. The lowest BCUT2D eigenvalue weighted by atomic mass is 9.74. The lowest BCUT2D eigenvalue weighted by Gasteiger charge is -2.38. The molecule has 0 aromatic heterocycles. The molecule has 0 bridgehead atoms. The summed E-state index contributed by atoms with van der Waals surface area (Å²) in [5, 5.41) is 10.1. The predicted octanol–water partition coefficient (Wildman–Crippen LogP) is 5.50. The van der Waals surface area contributed by atoms with Crippen LogP contribution in [0.4, 0.5) is 0 Å². The average molecular weight is 487 g/mol. The molecule has 0 atom stereocenters. The highest BCUT2D eigenvalue weighted by molar-refractivity contribution is 6.35. The Hall–Kier alpha value is -1.66. The number of carboxylic acid groups (broad SMARTS) is 1. The van der Waals surface area contributed by atoms with E-state index in [1.54, 1.807) is 12.1 Å². The Morgan fingerprint density at radius 1 is 1.19 bits per heavy atom. The van der Waals surface area contributed by atoms with Gasteiger partial charge in [-0.3, -0.25) is 4.79 Å². The van der Waals surface area contributed by atoms with E-state index >= 15 is 0 Å². The number of benzene rings is 2. The number of piperidine rings is 1. The minimum atomic E-state index is -0.744. The summed E-state index contributed by atoms with van der Waals surface area (Å²) >= 11 is 12.5. The SMILES string of the molecule is Cc1c(OCc2c(Cl)cccc2Cl)ccc2c1OCC21CCN(CCC(=O)O)CC1.Cl. The van der Waals surface area contributed by atoms with Crippen LogP contribution in [0, 0.1) is 6.92 Å². The third-order valence-corrected chi connectivity index (χ3v) is 7.02. The lowest BCUT2D eigenvalue weighted by Crippen LogP contribution is -2.44. The number of hydrogen-bond acceptors (Lipinski definition) is 4. The highest BCUT2D eigenvalue weighted by Crippen LogP contribution is 2.49. The molecule has 2 heterocycles. The molecule has 5 nitrogen and oxygen atoms in total. The molecule has 2 aliphatic rings. The van der Waals surface area contributed by atoms with Gasteiger partial charge in [-0.1, -0.05) is 35.3 Å². The normalized spacial score (nSPS) is 17.0. The topological polar surface area (TPSA) is 59.0 Å². The van der Waals surface area contributed by atoms with Gasteiger partial charge in [-0.2, -0.15) is 0 Å². The molecule has 2 aliphatic heterocycles. The molecule has 0 radical (unpaired) electrons. The minimum absolute atomic E-state index is 0. The Labute approximate surface area is 198 Å². The standard InChI is InChI=1S/C23H25Cl2NO4.ClH/c1-15-20(29-13-16-18(24)3-2-4-19(16)25)6-5-17-22(15)30-14-23(17)8-11-26(12-9-23)10-7-21(27)28;/h2-6H,7-14H2,1H3,(H,27,28);1H.